The van der Waals surface area contributed by atoms with Crippen LogP contribution < -0.4 is 9.64 Å². The van der Waals surface area contributed by atoms with Crippen molar-refractivity contribution in [1.82, 2.24) is 4.90 Å². The first-order valence-electron chi connectivity index (χ1n) is 11.3. The van der Waals surface area contributed by atoms with Crippen LogP contribution in [0.2, 0.25) is 0 Å². The second-order valence-corrected chi connectivity index (χ2v) is 8.31. The highest BCUT2D eigenvalue weighted by Gasteiger charge is 2.43. The monoisotopic (exact) mass is 438 g/mol. The molecule has 5 heteroatoms. The standard InChI is InChI=1S/C28H26N2O3/c1-33-24-16-8-6-14-22(24)25-26(29-18-9-13-21-12-5-7-15-23(21)29)28(32)30(27(25)31)19-17-20-10-3-2-4-11-20/h2-8,10-12,14-16H,9,13,17-19H2,1H3. The van der Waals surface area contributed by atoms with Gasteiger partial charge in [-0.25, -0.2) is 0 Å². The summed E-state index contributed by atoms with van der Waals surface area (Å²) in [5, 5.41) is 0. The summed E-state index contributed by atoms with van der Waals surface area (Å²) in [6, 6.07) is 25.5. The van der Waals surface area contributed by atoms with Crippen molar-refractivity contribution in [3.8, 4) is 5.75 Å². The second-order valence-electron chi connectivity index (χ2n) is 8.31. The average molecular weight is 439 g/mol. The summed E-state index contributed by atoms with van der Waals surface area (Å²) in [5.74, 6) is 0.0772. The van der Waals surface area contributed by atoms with E-state index >= 15 is 0 Å². The van der Waals surface area contributed by atoms with Gasteiger partial charge in [0.1, 0.15) is 11.4 Å². The molecule has 0 fully saturated rings. The van der Waals surface area contributed by atoms with Crippen molar-refractivity contribution < 1.29 is 14.3 Å². The lowest BCUT2D eigenvalue weighted by molar-refractivity contribution is -0.136. The third-order valence-electron chi connectivity index (χ3n) is 6.37. The van der Waals surface area contributed by atoms with Crippen LogP contribution in [0.3, 0.4) is 0 Å². The van der Waals surface area contributed by atoms with Gasteiger partial charge in [0, 0.05) is 24.3 Å². The number of rotatable bonds is 6. The maximum Gasteiger partial charge on any atom is 0.278 e. The van der Waals surface area contributed by atoms with E-state index in [0.29, 0.717) is 42.1 Å². The average Bonchev–Trinajstić information content (AvgIpc) is 3.11. The molecule has 5 nitrogen and oxygen atoms in total. The third kappa shape index (κ3) is 3.80. The zero-order valence-corrected chi connectivity index (χ0v) is 18.7. The Hall–Kier alpha value is -3.86. The fraction of sp³-hybridized carbons (Fsp3) is 0.214. The van der Waals surface area contributed by atoms with Gasteiger partial charge in [-0.2, -0.15) is 0 Å². The fourth-order valence-electron chi connectivity index (χ4n) is 4.76. The zero-order valence-electron chi connectivity index (χ0n) is 18.7. The first-order chi connectivity index (χ1) is 16.2. The number of hydrogen-bond donors (Lipinski definition) is 0. The molecule has 0 aromatic heterocycles. The minimum Gasteiger partial charge on any atom is -0.496 e. The molecule has 0 unspecified atom stereocenters. The number of hydrogen-bond acceptors (Lipinski definition) is 4. The summed E-state index contributed by atoms with van der Waals surface area (Å²) in [4.78, 5) is 31.0. The summed E-state index contributed by atoms with van der Waals surface area (Å²) >= 11 is 0. The van der Waals surface area contributed by atoms with E-state index in [9.17, 15) is 9.59 Å². The van der Waals surface area contributed by atoms with Crippen LogP contribution in [0, 0.1) is 0 Å². The van der Waals surface area contributed by atoms with Gasteiger partial charge in [0.2, 0.25) is 0 Å². The smallest absolute Gasteiger partial charge is 0.278 e. The van der Waals surface area contributed by atoms with E-state index in [1.165, 1.54) is 10.5 Å². The van der Waals surface area contributed by atoms with Crippen LogP contribution in [-0.2, 0) is 22.4 Å². The van der Waals surface area contributed by atoms with Crippen molar-refractivity contribution in [3.05, 3.63) is 101 Å². The molecule has 0 spiro atoms. The Balaban J connectivity index is 1.59. The molecule has 5 rings (SSSR count). The van der Waals surface area contributed by atoms with Gasteiger partial charge in [-0.15, -0.1) is 0 Å². The Morgan fingerprint density at radius 1 is 0.848 bits per heavy atom. The summed E-state index contributed by atoms with van der Waals surface area (Å²) in [7, 11) is 1.59. The zero-order chi connectivity index (χ0) is 22.8. The lowest BCUT2D eigenvalue weighted by Crippen LogP contribution is -2.38. The molecule has 2 aliphatic heterocycles. The summed E-state index contributed by atoms with van der Waals surface area (Å²) in [5.41, 5.74) is 4.80. The Bertz CT molecular complexity index is 1230. The minimum absolute atomic E-state index is 0.242. The maximum atomic E-state index is 13.8. The number of nitrogens with zero attached hydrogens (tertiary/aromatic N) is 2. The number of carbonyl (C=O) groups excluding carboxylic acids is 2. The predicted octanol–water partition coefficient (Wildman–Crippen LogP) is 4.47. The molecule has 0 radical (unpaired) electrons. The first kappa shape index (κ1) is 21.0. The first-order valence-corrected chi connectivity index (χ1v) is 11.3. The van der Waals surface area contributed by atoms with Crippen LogP contribution in [0.15, 0.2) is 84.6 Å². The number of amides is 2. The molecule has 3 aromatic rings. The van der Waals surface area contributed by atoms with Crippen LogP contribution in [0.1, 0.15) is 23.1 Å². The molecule has 33 heavy (non-hydrogen) atoms. The molecule has 0 N–H and O–H groups in total. The highest BCUT2D eigenvalue weighted by Crippen LogP contribution is 2.40. The molecule has 2 aliphatic rings. The molecule has 2 amide bonds. The Labute approximate surface area is 193 Å². The molecular weight excluding hydrogens is 412 g/mol. The van der Waals surface area contributed by atoms with E-state index in [0.717, 1.165) is 24.1 Å². The molecule has 0 saturated heterocycles. The van der Waals surface area contributed by atoms with Crippen molar-refractivity contribution >= 4 is 23.1 Å². The molecular formula is C28H26N2O3. The van der Waals surface area contributed by atoms with E-state index < -0.39 is 0 Å². The number of ether oxygens (including phenoxy) is 1. The third-order valence-corrected chi connectivity index (χ3v) is 6.37. The number of imide groups is 1. The number of fused-ring (bicyclic) bond motifs is 1. The number of anilines is 1. The minimum atomic E-state index is -0.265. The highest BCUT2D eigenvalue weighted by atomic mass is 16.5. The molecule has 0 saturated carbocycles. The van der Waals surface area contributed by atoms with Crippen LogP contribution in [-0.4, -0.2) is 36.9 Å². The molecule has 166 valence electrons. The van der Waals surface area contributed by atoms with Gasteiger partial charge in [0.05, 0.1) is 12.7 Å². The van der Waals surface area contributed by atoms with Crippen molar-refractivity contribution in [2.75, 3.05) is 25.1 Å². The van der Waals surface area contributed by atoms with E-state index in [1.807, 2.05) is 77.7 Å². The van der Waals surface area contributed by atoms with Crippen molar-refractivity contribution in [1.29, 1.82) is 0 Å². The van der Waals surface area contributed by atoms with E-state index in [-0.39, 0.29) is 11.8 Å². The van der Waals surface area contributed by atoms with Gasteiger partial charge in [-0.05, 0) is 42.5 Å². The Morgan fingerprint density at radius 3 is 2.39 bits per heavy atom. The van der Waals surface area contributed by atoms with Gasteiger partial charge >= 0.3 is 0 Å². The van der Waals surface area contributed by atoms with Gasteiger partial charge in [0.15, 0.2) is 0 Å². The van der Waals surface area contributed by atoms with Crippen LogP contribution in [0.4, 0.5) is 5.69 Å². The molecule has 2 heterocycles. The number of para-hydroxylation sites is 2. The topological polar surface area (TPSA) is 49.9 Å². The summed E-state index contributed by atoms with van der Waals surface area (Å²) < 4.78 is 5.58. The van der Waals surface area contributed by atoms with E-state index in [4.69, 9.17) is 4.74 Å². The summed E-state index contributed by atoms with van der Waals surface area (Å²) in [6.45, 7) is 1.02. The number of methoxy groups -OCH3 is 1. The van der Waals surface area contributed by atoms with Crippen LogP contribution >= 0.6 is 0 Å². The van der Waals surface area contributed by atoms with Gasteiger partial charge in [-0.3, -0.25) is 14.5 Å². The molecule has 3 aromatic carbocycles. The molecule has 0 aliphatic carbocycles. The number of carbonyl (C=O) groups is 2. The van der Waals surface area contributed by atoms with E-state index in [2.05, 4.69) is 6.07 Å². The molecule has 0 atom stereocenters. The fourth-order valence-corrected chi connectivity index (χ4v) is 4.76. The van der Waals surface area contributed by atoms with Gasteiger partial charge in [0.25, 0.3) is 11.8 Å². The van der Waals surface area contributed by atoms with Crippen molar-refractivity contribution in [3.63, 3.8) is 0 Å². The van der Waals surface area contributed by atoms with Crippen molar-refractivity contribution in [2.45, 2.75) is 19.3 Å². The van der Waals surface area contributed by atoms with Gasteiger partial charge < -0.3 is 9.64 Å². The Kier molecular flexibility index (Phi) is 5.69. The Morgan fingerprint density at radius 2 is 1.58 bits per heavy atom. The van der Waals surface area contributed by atoms with E-state index in [1.54, 1.807) is 7.11 Å². The van der Waals surface area contributed by atoms with Crippen LogP contribution in [0.5, 0.6) is 5.75 Å². The predicted molar refractivity (Wildman–Crippen MR) is 129 cm³/mol. The number of benzene rings is 3. The second kappa shape index (κ2) is 8.94. The summed E-state index contributed by atoms with van der Waals surface area (Å²) in [6.07, 6.45) is 2.50. The highest BCUT2D eigenvalue weighted by molar-refractivity contribution is 6.37. The quantitative estimate of drug-likeness (QED) is 0.533. The van der Waals surface area contributed by atoms with Crippen molar-refractivity contribution in [2.24, 2.45) is 0 Å². The van der Waals surface area contributed by atoms with Crippen LogP contribution in [0.25, 0.3) is 5.57 Å². The maximum absolute atomic E-state index is 13.8. The molecule has 0 bridgehead atoms. The normalized spacial score (nSPS) is 15.8. The largest absolute Gasteiger partial charge is 0.496 e. The number of aryl methyl sites for hydroxylation is 1. The lowest BCUT2D eigenvalue weighted by Gasteiger charge is -2.32. The SMILES string of the molecule is COc1ccccc1C1=C(N2CCCc3ccccc32)C(=O)N(CCc2ccccc2)C1=O. The van der Waals surface area contributed by atoms with Gasteiger partial charge in [-0.1, -0.05) is 66.7 Å². The lowest BCUT2D eigenvalue weighted by atomic mass is 9.98.